The minimum absolute atomic E-state index is 0.0369. The average molecular weight is 315 g/mol. The van der Waals surface area contributed by atoms with Crippen LogP contribution in [-0.2, 0) is 4.79 Å². The third-order valence-electron chi connectivity index (χ3n) is 3.34. The van der Waals surface area contributed by atoms with Crippen LogP contribution in [0.15, 0.2) is 29.4 Å². The first-order chi connectivity index (χ1) is 10.4. The van der Waals surface area contributed by atoms with Crippen LogP contribution in [0.3, 0.4) is 0 Å². The van der Waals surface area contributed by atoms with Gasteiger partial charge in [0.05, 0.1) is 5.25 Å². The molecule has 1 aromatic heterocycles. The molecule has 0 saturated heterocycles. The van der Waals surface area contributed by atoms with E-state index in [1.54, 1.807) is 0 Å². The highest BCUT2D eigenvalue weighted by molar-refractivity contribution is 8.00. The van der Waals surface area contributed by atoms with Gasteiger partial charge in [0.25, 0.3) is 0 Å². The lowest BCUT2D eigenvalue weighted by atomic mass is 10.1. The van der Waals surface area contributed by atoms with Gasteiger partial charge in [0.2, 0.25) is 5.91 Å². The molecule has 0 aliphatic rings. The summed E-state index contributed by atoms with van der Waals surface area (Å²) in [5.74, 6) is -0.0369. The lowest BCUT2D eigenvalue weighted by Gasteiger charge is -2.15. The second kappa shape index (κ2) is 6.92. The maximum atomic E-state index is 12.4. The van der Waals surface area contributed by atoms with E-state index in [0.29, 0.717) is 5.16 Å². The number of para-hydroxylation sites is 1. The van der Waals surface area contributed by atoms with Crippen LogP contribution in [0.1, 0.15) is 29.4 Å². The molecule has 1 amide bonds. The summed E-state index contributed by atoms with van der Waals surface area (Å²) in [4.78, 5) is 21.1. The zero-order valence-corrected chi connectivity index (χ0v) is 14.4. The second-order valence-electron chi connectivity index (χ2n) is 5.45. The molecular weight excluding hydrogens is 294 g/mol. The number of hydrogen-bond acceptors (Lipinski definition) is 4. The number of amides is 1. The first kappa shape index (κ1) is 16.5. The smallest absolute Gasteiger partial charge is 0.237 e. The Balaban J connectivity index is 2.09. The van der Waals surface area contributed by atoms with Gasteiger partial charge in [-0.2, -0.15) is 0 Å². The van der Waals surface area contributed by atoms with Crippen LogP contribution in [0.25, 0.3) is 0 Å². The summed E-state index contributed by atoms with van der Waals surface area (Å²) >= 11 is 1.38. The Morgan fingerprint density at radius 3 is 2.18 bits per heavy atom. The standard InChI is InChI=1S/C17H21N3OS/c1-10-7-6-8-11(2)15(10)20-16(21)14(5)22-17-18-12(3)9-13(4)19-17/h6-9,14H,1-5H3,(H,20,21)/t14-/m0/s1. The van der Waals surface area contributed by atoms with Crippen LogP contribution in [-0.4, -0.2) is 21.1 Å². The van der Waals surface area contributed by atoms with E-state index in [2.05, 4.69) is 15.3 Å². The molecule has 0 fully saturated rings. The Labute approximate surface area is 135 Å². The highest BCUT2D eigenvalue weighted by Crippen LogP contribution is 2.24. The fourth-order valence-electron chi connectivity index (χ4n) is 2.19. The van der Waals surface area contributed by atoms with Crippen LogP contribution in [0, 0.1) is 27.7 Å². The third kappa shape index (κ3) is 4.07. The number of thioether (sulfide) groups is 1. The number of carbonyl (C=O) groups excluding carboxylic acids is 1. The Morgan fingerprint density at radius 1 is 1.09 bits per heavy atom. The highest BCUT2D eigenvalue weighted by atomic mass is 32.2. The van der Waals surface area contributed by atoms with Crippen LogP contribution in [0.4, 0.5) is 5.69 Å². The van der Waals surface area contributed by atoms with Gasteiger partial charge in [-0.1, -0.05) is 30.0 Å². The van der Waals surface area contributed by atoms with Gasteiger partial charge >= 0.3 is 0 Å². The second-order valence-corrected chi connectivity index (χ2v) is 6.76. The van der Waals surface area contributed by atoms with Crippen LogP contribution >= 0.6 is 11.8 Å². The topological polar surface area (TPSA) is 54.9 Å². The quantitative estimate of drug-likeness (QED) is 0.688. The fraction of sp³-hybridized carbons (Fsp3) is 0.353. The molecule has 1 N–H and O–H groups in total. The van der Waals surface area contributed by atoms with Gasteiger partial charge in [-0.15, -0.1) is 0 Å². The molecule has 22 heavy (non-hydrogen) atoms. The molecule has 0 radical (unpaired) electrons. The molecule has 0 aliphatic carbocycles. The summed E-state index contributed by atoms with van der Waals surface area (Å²) in [6.45, 7) is 9.72. The molecule has 1 atom stereocenters. The number of aromatic nitrogens is 2. The van der Waals surface area contributed by atoms with Crippen molar-refractivity contribution in [1.29, 1.82) is 0 Å². The number of nitrogens with one attached hydrogen (secondary N) is 1. The van der Waals surface area contributed by atoms with Crippen molar-refractivity contribution in [2.75, 3.05) is 5.32 Å². The summed E-state index contributed by atoms with van der Waals surface area (Å²) in [5.41, 5.74) is 4.84. The lowest BCUT2D eigenvalue weighted by molar-refractivity contribution is -0.115. The minimum Gasteiger partial charge on any atom is -0.325 e. The zero-order chi connectivity index (χ0) is 16.3. The molecule has 0 saturated carbocycles. The SMILES string of the molecule is Cc1cc(C)nc(S[C@@H](C)C(=O)Nc2c(C)cccc2C)n1. The van der Waals surface area contributed by atoms with Crippen LogP contribution < -0.4 is 5.32 Å². The van der Waals surface area contributed by atoms with E-state index in [1.807, 2.05) is 58.9 Å². The van der Waals surface area contributed by atoms with Gasteiger partial charge in [0.1, 0.15) is 0 Å². The average Bonchev–Trinajstić information content (AvgIpc) is 2.41. The monoisotopic (exact) mass is 315 g/mol. The van der Waals surface area contributed by atoms with E-state index in [1.165, 1.54) is 11.8 Å². The van der Waals surface area contributed by atoms with E-state index in [0.717, 1.165) is 28.2 Å². The molecule has 2 rings (SSSR count). The largest absolute Gasteiger partial charge is 0.325 e. The number of aryl methyl sites for hydroxylation is 4. The summed E-state index contributed by atoms with van der Waals surface area (Å²) in [5, 5.41) is 3.39. The first-order valence-electron chi connectivity index (χ1n) is 7.23. The van der Waals surface area contributed by atoms with Crippen molar-refractivity contribution in [1.82, 2.24) is 9.97 Å². The van der Waals surface area contributed by atoms with Crippen molar-refractivity contribution in [2.45, 2.75) is 45.0 Å². The van der Waals surface area contributed by atoms with Gasteiger partial charge in [0, 0.05) is 17.1 Å². The van der Waals surface area contributed by atoms with Gasteiger partial charge in [-0.05, 0) is 51.8 Å². The number of benzene rings is 1. The lowest BCUT2D eigenvalue weighted by Crippen LogP contribution is -2.23. The van der Waals surface area contributed by atoms with Crippen LogP contribution in [0.5, 0.6) is 0 Å². The van der Waals surface area contributed by atoms with E-state index < -0.39 is 0 Å². The van der Waals surface area contributed by atoms with Crippen molar-refractivity contribution < 1.29 is 4.79 Å². The zero-order valence-electron chi connectivity index (χ0n) is 13.6. The molecule has 116 valence electrons. The van der Waals surface area contributed by atoms with Crippen molar-refractivity contribution in [3.63, 3.8) is 0 Å². The number of nitrogens with zero attached hydrogens (tertiary/aromatic N) is 2. The maximum absolute atomic E-state index is 12.4. The van der Waals surface area contributed by atoms with Gasteiger partial charge < -0.3 is 5.32 Å². The van der Waals surface area contributed by atoms with E-state index >= 15 is 0 Å². The van der Waals surface area contributed by atoms with Crippen molar-refractivity contribution in [3.8, 4) is 0 Å². The van der Waals surface area contributed by atoms with E-state index in [9.17, 15) is 4.79 Å². The Kier molecular flexibility index (Phi) is 5.19. The molecule has 0 aliphatic heterocycles. The molecule has 5 heteroatoms. The van der Waals surface area contributed by atoms with Crippen molar-refractivity contribution >= 4 is 23.4 Å². The molecule has 1 heterocycles. The number of carbonyl (C=O) groups is 1. The molecular formula is C17H21N3OS. The summed E-state index contributed by atoms with van der Waals surface area (Å²) in [7, 11) is 0. The Bertz CT molecular complexity index is 660. The number of anilines is 1. The van der Waals surface area contributed by atoms with Gasteiger partial charge in [-0.25, -0.2) is 9.97 Å². The third-order valence-corrected chi connectivity index (χ3v) is 4.30. The van der Waals surface area contributed by atoms with Crippen molar-refractivity contribution in [2.24, 2.45) is 0 Å². The molecule has 4 nitrogen and oxygen atoms in total. The molecule has 0 spiro atoms. The molecule has 0 bridgehead atoms. The normalized spacial score (nSPS) is 12.0. The van der Waals surface area contributed by atoms with E-state index in [-0.39, 0.29) is 11.2 Å². The van der Waals surface area contributed by atoms with Crippen LogP contribution in [0.2, 0.25) is 0 Å². The summed E-state index contributed by atoms with van der Waals surface area (Å²) < 4.78 is 0. The predicted octanol–water partition coefficient (Wildman–Crippen LogP) is 3.83. The van der Waals surface area contributed by atoms with Gasteiger partial charge in [0.15, 0.2) is 5.16 Å². The highest BCUT2D eigenvalue weighted by Gasteiger charge is 2.18. The fourth-order valence-corrected chi connectivity index (χ4v) is 3.07. The summed E-state index contributed by atoms with van der Waals surface area (Å²) in [6, 6.07) is 7.90. The van der Waals surface area contributed by atoms with Gasteiger partial charge in [-0.3, -0.25) is 4.79 Å². The Morgan fingerprint density at radius 2 is 1.64 bits per heavy atom. The molecule has 0 unspecified atom stereocenters. The predicted molar refractivity (Wildman–Crippen MR) is 91.4 cm³/mol. The molecule has 1 aromatic carbocycles. The number of rotatable bonds is 4. The summed E-state index contributed by atoms with van der Waals surface area (Å²) in [6.07, 6.45) is 0. The van der Waals surface area contributed by atoms with E-state index in [4.69, 9.17) is 0 Å². The minimum atomic E-state index is -0.264. The number of hydrogen-bond donors (Lipinski definition) is 1. The van der Waals surface area contributed by atoms with Crippen molar-refractivity contribution in [3.05, 3.63) is 46.8 Å². The first-order valence-corrected chi connectivity index (χ1v) is 8.11. The molecule has 2 aromatic rings. The maximum Gasteiger partial charge on any atom is 0.237 e. The Hall–Kier alpha value is -1.88.